The quantitative estimate of drug-likeness (QED) is 0.474. The molecule has 2 aromatic heterocycles. The minimum absolute atomic E-state index is 0.0480. The van der Waals surface area contributed by atoms with Gasteiger partial charge in [0.2, 0.25) is 21.8 Å². The maximum atomic E-state index is 13.8. The maximum Gasteiger partial charge on any atom is 0.242 e. The van der Waals surface area contributed by atoms with Crippen LogP contribution in [0.4, 0.5) is 17.2 Å². The molecule has 0 saturated heterocycles. The van der Waals surface area contributed by atoms with Gasteiger partial charge >= 0.3 is 0 Å². The Hall–Kier alpha value is -2.85. The molecular formula is C24H25ClN4O5S. The molecule has 1 N–H and O–H groups in total. The van der Waals surface area contributed by atoms with E-state index in [1.165, 1.54) is 0 Å². The van der Waals surface area contributed by atoms with Crippen LogP contribution < -0.4 is 14.4 Å². The number of halogens is 1. The van der Waals surface area contributed by atoms with E-state index in [1.807, 2.05) is 19.9 Å². The molecular weight excluding hydrogens is 492 g/mol. The van der Waals surface area contributed by atoms with Crippen LogP contribution in [0.3, 0.4) is 0 Å². The molecule has 0 radical (unpaired) electrons. The fraction of sp³-hybridized carbons (Fsp3) is 0.458. The summed E-state index contributed by atoms with van der Waals surface area (Å²) in [7, 11) is -3.50. The van der Waals surface area contributed by atoms with Crippen LogP contribution in [0.1, 0.15) is 51.5 Å². The molecule has 0 unspecified atom stereocenters. The highest BCUT2D eigenvalue weighted by Crippen LogP contribution is 2.56. The lowest BCUT2D eigenvalue weighted by Gasteiger charge is -2.37. The van der Waals surface area contributed by atoms with Crippen LogP contribution in [0.15, 0.2) is 28.9 Å². The summed E-state index contributed by atoms with van der Waals surface area (Å²) in [4.78, 5) is 19.7. The van der Waals surface area contributed by atoms with Gasteiger partial charge in [-0.25, -0.2) is 13.4 Å². The number of nitrogens with zero attached hydrogens (tertiary/aromatic N) is 3. The largest absolute Gasteiger partial charge is 0.476 e. The molecule has 11 heteroatoms. The summed E-state index contributed by atoms with van der Waals surface area (Å²) >= 11 is 6.46. The van der Waals surface area contributed by atoms with Crippen molar-refractivity contribution in [2.75, 3.05) is 16.2 Å². The molecule has 1 amide bonds. The van der Waals surface area contributed by atoms with Crippen LogP contribution in [0.5, 0.6) is 5.88 Å². The van der Waals surface area contributed by atoms with Gasteiger partial charge in [-0.3, -0.25) is 14.4 Å². The van der Waals surface area contributed by atoms with Gasteiger partial charge in [0.15, 0.2) is 11.4 Å². The second-order valence-electron chi connectivity index (χ2n) is 10.0. The van der Waals surface area contributed by atoms with Crippen molar-refractivity contribution in [2.24, 2.45) is 5.92 Å². The number of carbonyl (C=O) groups is 1. The van der Waals surface area contributed by atoms with E-state index in [2.05, 4.69) is 14.9 Å². The molecule has 35 heavy (non-hydrogen) atoms. The number of ether oxygens (including phenoxy) is 1. The molecule has 9 nitrogen and oxygen atoms in total. The average molecular weight is 517 g/mol. The second-order valence-corrected chi connectivity index (χ2v) is 12.4. The highest BCUT2D eigenvalue weighted by molar-refractivity contribution is 7.93. The number of anilines is 3. The highest BCUT2D eigenvalue weighted by Gasteiger charge is 2.55. The van der Waals surface area contributed by atoms with E-state index in [9.17, 15) is 13.2 Å². The number of amides is 1. The van der Waals surface area contributed by atoms with E-state index in [-0.39, 0.29) is 17.0 Å². The summed E-state index contributed by atoms with van der Waals surface area (Å²) in [6, 6.07) is 5.27. The number of fused-ring (bicyclic) bond motifs is 3. The third-order valence-corrected chi connectivity index (χ3v) is 9.07. The predicted octanol–water partition coefficient (Wildman–Crippen LogP) is 4.92. The first kappa shape index (κ1) is 22.6. The summed E-state index contributed by atoms with van der Waals surface area (Å²) < 4.78 is 38.7. The van der Waals surface area contributed by atoms with Crippen LogP contribution in [0, 0.1) is 5.92 Å². The van der Waals surface area contributed by atoms with E-state index in [0.29, 0.717) is 71.5 Å². The molecule has 1 spiro atoms. The van der Waals surface area contributed by atoms with E-state index in [4.69, 9.17) is 20.9 Å². The van der Waals surface area contributed by atoms with Crippen molar-refractivity contribution in [3.63, 3.8) is 0 Å². The molecule has 2 fully saturated rings. The summed E-state index contributed by atoms with van der Waals surface area (Å²) in [6.45, 7) is 4.55. The monoisotopic (exact) mass is 516 g/mol. The van der Waals surface area contributed by atoms with Gasteiger partial charge in [0.1, 0.15) is 5.02 Å². The van der Waals surface area contributed by atoms with Crippen LogP contribution in [0.2, 0.25) is 5.02 Å². The number of aromatic nitrogens is 2. The van der Waals surface area contributed by atoms with Crippen LogP contribution in [-0.4, -0.2) is 36.3 Å². The Bertz CT molecular complexity index is 1460. The average Bonchev–Trinajstić information content (AvgIpc) is 3.52. The van der Waals surface area contributed by atoms with E-state index in [0.717, 1.165) is 12.0 Å². The first-order chi connectivity index (χ1) is 16.7. The van der Waals surface area contributed by atoms with Gasteiger partial charge in [0, 0.05) is 6.07 Å². The van der Waals surface area contributed by atoms with Crippen molar-refractivity contribution < 1.29 is 22.5 Å². The number of hydrogen-bond acceptors (Lipinski definition) is 7. The number of rotatable bonds is 7. The summed E-state index contributed by atoms with van der Waals surface area (Å²) in [5.74, 6) is 0.758. The number of carbonyl (C=O) groups excluding carboxylic acids is 1. The summed E-state index contributed by atoms with van der Waals surface area (Å²) in [5.41, 5.74) is 1.78. The third-order valence-electron chi connectivity index (χ3n) is 6.97. The Morgan fingerprint density at radius 1 is 1.29 bits per heavy atom. The molecule has 1 aromatic carbocycles. The normalized spacial score (nSPS) is 18.9. The Labute approximate surface area is 207 Å². The van der Waals surface area contributed by atoms with Crippen molar-refractivity contribution in [3.05, 3.63) is 35.0 Å². The lowest BCUT2D eigenvalue weighted by atomic mass is 9.65. The Morgan fingerprint density at radius 2 is 2.06 bits per heavy atom. The zero-order valence-corrected chi connectivity index (χ0v) is 20.9. The fourth-order valence-corrected chi connectivity index (χ4v) is 6.37. The number of benzene rings is 1. The van der Waals surface area contributed by atoms with E-state index >= 15 is 0 Å². The first-order valence-corrected chi connectivity index (χ1v) is 13.7. The predicted molar refractivity (Wildman–Crippen MR) is 132 cm³/mol. The Morgan fingerprint density at radius 3 is 2.69 bits per heavy atom. The molecule has 6 rings (SSSR count). The zero-order chi connectivity index (χ0) is 24.5. The minimum Gasteiger partial charge on any atom is -0.476 e. The lowest BCUT2D eigenvalue weighted by molar-refractivity contribution is -0.125. The zero-order valence-electron chi connectivity index (χ0n) is 19.4. The molecule has 1 aliphatic heterocycles. The van der Waals surface area contributed by atoms with Gasteiger partial charge in [0.25, 0.3) is 0 Å². The topological polar surface area (TPSA) is 115 Å². The van der Waals surface area contributed by atoms with Gasteiger partial charge in [-0.1, -0.05) is 37.0 Å². The molecule has 0 bridgehead atoms. The summed E-state index contributed by atoms with van der Waals surface area (Å²) in [6.07, 6.45) is 5.23. The maximum absolute atomic E-state index is 13.8. The Balaban J connectivity index is 1.41. The number of sulfonamides is 1. The van der Waals surface area contributed by atoms with E-state index in [1.54, 1.807) is 23.2 Å². The molecule has 3 aromatic rings. The molecule has 2 saturated carbocycles. The Kier molecular flexibility index (Phi) is 5.05. The highest BCUT2D eigenvalue weighted by atomic mass is 35.5. The van der Waals surface area contributed by atoms with Crippen molar-refractivity contribution in [2.45, 2.75) is 56.6 Å². The van der Waals surface area contributed by atoms with Gasteiger partial charge in [-0.2, -0.15) is 0 Å². The number of pyridine rings is 1. The van der Waals surface area contributed by atoms with Crippen molar-refractivity contribution >= 4 is 55.7 Å². The lowest BCUT2D eigenvalue weighted by Crippen LogP contribution is -2.43. The number of nitrogens with one attached hydrogen (secondary N) is 1. The SMILES string of the molecule is CC(C)COc1ncc(N2C(=O)C3(CCC3)c3cc4c(NS(=O)(=O)C5CC5)noc4cc32)cc1Cl. The molecule has 2 aliphatic carbocycles. The van der Waals surface area contributed by atoms with Crippen molar-refractivity contribution in [3.8, 4) is 5.88 Å². The second kappa shape index (κ2) is 7.83. The first-order valence-electron chi connectivity index (χ1n) is 11.8. The van der Waals surface area contributed by atoms with Gasteiger partial charge < -0.3 is 9.26 Å². The standard InChI is InChI=1S/C24H25ClN4O5S/c1-13(2)12-33-22-18(25)8-14(11-26-22)29-19-10-20-16(9-17(19)24(23(29)30)6-3-7-24)21(27-34-20)28-35(31,32)15-4-5-15/h8-11,13,15H,3-7,12H2,1-2H3,(H,27,28). The van der Waals surface area contributed by atoms with Crippen LogP contribution in [0.25, 0.3) is 11.0 Å². The molecule has 3 aliphatic rings. The molecule has 184 valence electrons. The van der Waals surface area contributed by atoms with Gasteiger partial charge in [-0.15, -0.1) is 0 Å². The third kappa shape index (κ3) is 3.57. The van der Waals surface area contributed by atoms with Gasteiger partial charge in [0.05, 0.1) is 40.2 Å². The van der Waals surface area contributed by atoms with Gasteiger partial charge in [-0.05, 0) is 49.3 Å². The van der Waals surface area contributed by atoms with E-state index < -0.39 is 15.4 Å². The van der Waals surface area contributed by atoms with Crippen LogP contribution >= 0.6 is 11.6 Å². The molecule has 3 heterocycles. The van der Waals surface area contributed by atoms with Crippen LogP contribution in [-0.2, 0) is 20.2 Å². The number of hydrogen-bond donors (Lipinski definition) is 1. The van der Waals surface area contributed by atoms with Crippen molar-refractivity contribution in [1.82, 2.24) is 10.1 Å². The smallest absolute Gasteiger partial charge is 0.242 e. The van der Waals surface area contributed by atoms with Crippen molar-refractivity contribution in [1.29, 1.82) is 0 Å². The minimum atomic E-state index is -3.50. The summed E-state index contributed by atoms with van der Waals surface area (Å²) in [5, 5.41) is 4.46. The molecule has 0 atom stereocenters. The fourth-order valence-electron chi connectivity index (χ4n) is 4.81.